The second kappa shape index (κ2) is 16.9. The molecule has 0 saturated carbocycles. The highest BCUT2D eigenvalue weighted by molar-refractivity contribution is 5.97. The second-order valence-electron chi connectivity index (χ2n) is 6.01. The van der Waals surface area contributed by atoms with Crippen molar-refractivity contribution >= 4 is 29.5 Å². The van der Waals surface area contributed by atoms with E-state index in [1.54, 1.807) is 0 Å². The number of methoxy groups -OCH3 is 2. The molecule has 164 valence electrons. The quantitative estimate of drug-likeness (QED) is 0.255. The van der Waals surface area contributed by atoms with Gasteiger partial charge in [-0.3, -0.25) is 24.0 Å². The molecule has 0 N–H and O–H groups in total. The van der Waals surface area contributed by atoms with Crippen molar-refractivity contribution in [3.8, 4) is 0 Å². The zero-order valence-corrected chi connectivity index (χ0v) is 15.7. The van der Waals surface area contributed by atoms with Crippen molar-refractivity contribution < 1.29 is 38.2 Å². The van der Waals surface area contributed by atoms with Crippen molar-refractivity contribution in [1.29, 1.82) is 0 Å². The molecule has 0 heterocycles. The number of carbonyl (C=O) groups excluding carboxylic acids is 5. The lowest BCUT2D eigenvalue weighted by Crippen LogP contribution is -2.27. The molecule has 0 bridgehead atoms. The van der Waals surface area contributed by atoms with Gasteiger partial charge in [0.25, 0.3) is 0 Å². The summed E-state index contributed by atoms with van der Waals surface area (Å²) in [6, 6.07) is 0. The Kier molecular flexibility index (Phi) is 18.3. The Morgan fingerprint density at radius 3 is 1.57 bits per heavy atom. The van der Waals surface area contributed by atoms with Crippen molar-refractivity contribution in [2.24, 2.45) is 0 Å². The van der Waals surface area contributed by atoms with Gasteiger partial charge < -0.3 is 19.1 Å². The molecule has 0 aliphatic heterocycles. The van der Waals surface area contributed by atoms with Crippen LogP contribution in [0.5, 0.6) is 0 Å². The summed E-state index contributed by atoms with van der Waals surface area (Å²) in [5.74, 6) is -3.02. The Labute approximate surface area is 167 Å². The number of nitrogens with zero attached hydrogens (tertiary/aromatic N) is 1. The van der Waals surface area contributed by atoms with Gasteiger partial charge in [-0.2, -0.15) is 0 Å². The van der Waals surface area contributed by atoms with Crippen molar-refractivity contribution in [2.45, 2.75) is 59.5 Å². The third kappa shape index (κ3) is 15.9. The zero-order valence-electron chi connectivity index (χ0n) is 15.7. The van der Waals surface area contributed by atoms with Crippen LogP contribution in [0.2, 0.25) is 0 Å². The van der Waals surface area contributed by atoms with Crippen LogP contribution in [0.1, 0.15) is 53.4 Å². The van der Waals surface area contributed by atoms with Gasteiger partial charge in [0.2, 0.25) is 0 Å². The molecule has 0 saturated heterocycles. The Morgan fingerprint density at radius 2 is 1.21 bits per heavy atom. The van der Waals surface area contributed by atoms with Gasteiger partial charge in [-0.05, 0) is 27.1 Å². The smallest absolute Gasteiger partial charge is 0.313 e. The van der Waals surface area contributed by atoms with Crippen LogP contribution in [0.25, 0.3) is 0 Å². The van der Waals surface area contributed by atoms with E-state index in [0.29, 0.717) is 13.0 Å². The number of hydrogen-bond acceptors (Lipinski definition) is 9. The first kappa shape index (κ1) is 30.4. The number of esters is 3. The molecule has 0 rings (SSSR count). The third-order valence-corrected chi connectivity index (χ3v) is 3.33. The Bertz CT molecular complexity index is 484. The average Bonchev–Trinajstić information content (AvgIpc) is 2.53. The molecule has 0 atom stereocenters. The number of hydrogen-bond donors (Lipinski definition) is 0. The minimum atomic E-state index is -1.03. The Morgan fingerprint density at radius 1 is 0.786 bits per heavy atom. The third-order valence-electron chi connectivity index (χ3n) is 3.33. The van der Waals surface area contributed by atoms with Crippen LogP contribution in [0.4, 0.5) is 0 Å². The van der Waals surface area contributed by atoms with Gasteiger partial charge in [0.15, 0.2) is 0 Å². The van der Waals surface area contributed by atoms with E-state index < -0.39 is 48.4 Å². The van der Waals surface area contributed by atoms with Crippen LogP contribution >= 0.6 is 0 Å². The maximum absolute atomic E-state index is 11.9. The summed E-state index contributed by atoms with van der Waals surface area (Å²) in [6.07, 6.45) is -1.90. The zero-order chi connectivity index (χ0) is 20.1. The largest absolute Gasteiger partial charge is 0.469 e. The minimum Gasteiger partial charge on any atom is -0.469 e. The van der Waals surface area contributed by atoms with Gasteiger partial charge in [0.05, 0.1) is 14.2 Å². The predicted molar refractivity (Wildman–Crippen MR) is 104 cm³/mol. The number of ketones is 2. The molecule has 0 spiro atoms. The van der Waals surface area contributed by atoms with Gasteiger partial charge in [-0.1, -0.05) is 14.9 Å². The first-order valence-electron chi connectivity index (χ1n) is 8.19. The summed E-state index contributed by atoms with van der Waals surface area (Å²) in [6.45, 7) is 0.683. The van der Waals surface area contributed by atoms with Gasteiger partial charge in [0, 0.05) is 19.3 Å². The molecule has 0 aromatic heterocycles. The van der Waals surface area contributed by atoms with Crippen LogP contribution in [-0.2, 0) is 38.2 Å². The molecule has 0 aliphatic carbocycles. The highest BCUT2D eigenvalue weighted by Crippen LogP contribution is 2.12. The number of carbonyl (C=O) groups is 5. The summed E-state index contributed by atoms with van der Waals surface area (Å²) >= 11 is 0. The molecule has 9 heteroatoms. The molecule has 0 radical (unpaired) electrons. The van der Waals surface area contributed by atoms with E-state index in [1.165, 1.54) is 0 Å². The normalized spacial score (nSPS) is 9.79. The molecule has 0 aliphatic rings. The molecule has 28 heavy (non-hydrogen) atoms. The van der Waals surface area contributed by atoms with Gasteiger partial charge in [-0.15, -0.1) is 0 Å². The van der Waals surface area contributed by atoms with Crippen LogP contribution < -0.4 is 0 Å². The fraction of sp³-hybridized carbons (Fsp3) is 0.737. The van der Waals surface area contributed by atoms with Crippen LogP contribution in [-0.4, -0.2) is 75.3 Å². The van der Waals surface area contributed by atoms with Crippen molar-refractivity contribution in [2.75, 3.05) is 34.9 Å². The van der Waals surface area contributed by atoms with E-state index in [2.05, 4.69) is 9.47 Å². The predicted octanol–water partition coefficient (Wildman–Crippen LogP) is 1.56. The SMILES string of the molecule is C.C.COC(=O)CC(=O)CC(CC(=O)CC(=O)OC)OC(=O)CCCN(C)C. The highest BCUT2D eigenvalue weighted by atomic mass is 16.5. The van der Waals surface area contributed by atoms with Gasteiger partial charge >= 0.3 is 17.9 Å². The van der Waals surface area contributed by atoms with Crippen LogP contribution in [0.15, 0.2) is 0 Å². The lowest BCUT2D eigenvalue weighted by molar-refractivity contribution is -0.151. The van der Waals surface area contributed by atoms with Gasteiger partial charge in [-0.25, -0.2) is 0 Å². The van der Waals surface area contributed by atoms with Crippen LogP contribution in [0, 0.1) is 0 Å². The van der Waals surface area contributed by atoms with E-state index in [4.69, 9.17) is 4.74 Å². The van der Waals surface area contributed by atoms with E-state index in [1.807, 2.05) is 19.0 Å². The van der Waals surface area contributed by atoms with E-state index in [9.17, 15) is 24.0 Å². The summed E-state index contributed by atoms with van der Waals surface area (Å²) in [5, 5.41) is 0. The standard InChI is InChI=1S/C17H27NO8.2CH4/c1-18(2)7-5-6-15(21)26-14(8-12(19)10-16(22)24-3)9-13(20)11-17(23)25-4;;/h14H,5-11H2,1-4H3;2*1H4. The summed E-state index contributed by atoms with van der Waals surface area (Å²) in [4.78, 5) is 59.9. The van der Waals surface area contributed by atoms with Crippen molar-refractivity contribution in [3.63, 3.8) is 0 Å². The van der Waals surface area contributed by atoms with Crippen molar-refractivity contribution in [1.82, 2.24) is 4.90 Å². The molecule has 0 aromatic rings. The van der Waals surface area contributed by atoms with E-state index >= 15 is 0 Å². The van der Waals surface area contributed by atoms with Gasteiger partial charge in [0.1, 0.15) is 30.5 Å². The van der Waals surface area contributed by atoms with E-state index in [0.717, 1.165) is 14.2 Å². The summed E-state index contributed by atoms with van der Waals surface area (Å²) < 4.78 is 14.0. The maximum atomic E-state index is 11.9. The van der Waals surface area contributed by atoms with Crippen molar-refractivity contribution in [3.05, 3.63) is 0 Å². The number of Topliss-reactive ketones (excluding diaryl/α,β-unsaturated/α-hetero) is 2. The first-order valence-corrected chi connectivity index (χ1v) is 8.19. The highest BCUT2D eigenvalue weighted by Gasteiger charge is 2.24. The molecule has 9 nitrogen and oxygen atoms in total. The Balaban J connectivity index is -0.00000312. The lowest BCUT2D eigenvalue weighted by atomic mass is 10.0. The summed E-state index contributed by atoms with van der Waals surface area (Å²) in [5.41, 5.74) is 0. The molecule has 0 fully saturated rings. The molecule has 0 amide bonds. The molecular formula is C19H35NO8. The summed E-state index contributed by atoms with van der Waals surface area (Å²) in [7, 11) is 6.03. The fourth-order valence-electron chi connectivity index (χ4n) is 2.06. The number of rotatable bonds is 13. The number of ether oxygens (including phenoxy) is 3. The molecule has 0 aromatic carbocycles. The van der Waals surface area contributed by atoms with Crippen LogP contribution in [0.3, 0.4) is 0 Å². The maximum Gasteiger partial charge on any atom is 0.313 e. The molecule has 0 unspecified atom stereocenters. The average molecular weight is 405 g/mol. The van der Waals surface area contributed by atoms with E-state index in [-0.39, 0.29) is 34.1 Å². The first-order chi connectivity index (χ1) is 12.2. The topological polar surface area (TPSA) is 116 Å². The molecular weight excluding hydrogens is 370 g/mol. The second-order valence-corrected chi connectivity index (χ2v) is 6.01. The Hall–Kier alpha value is -2.29. The lowest BCUT2D eigenvalue weighted by Gasteiger charge is -2.17. The minimum absolute atomic E-state index is 0. The monoisotopic (exact) mass is 405 g/mol. The fourth-order valence-corrected chi connectivity index (χ4v) is 2.06.